The van der Waals surface area contributed by atoms with Crippen LogP contribution >= 0.6 is 22.9 Å². The van der Waals surface area contributed by atoms with Gasteiger partial charge in [-0.3, -0.25) is 0 Å². The van der Waals surface area contributed by atoms with Crippen molar-refractivity contribution in [3.63, 3.8) is 0 Å². The normalized spacial score (nSPS) is 24.0. The fourth-order valence-corrected chi connectivity index (χ4v) is 4.98. The number of benzene rings is 1. The van der Waals surface area contributed by atoms with E-state index in [1.807, 2.05) is 38.1 Å². The zero-order chi connectivity index (χ0) is 21.5. The van der Waals surface area contributed by atoms with Gasteiger partial charge < -0.3 is 26.0 Å². The average Bonchev–Trinajstić information content (AvgIpc) is 3.22. The van der Waals surface area contributed by atoms with Crippen LogP contribution in [0.15, 0.2) is 24.3 Å². The van der Waals surface area contributed by atoms with Crippen LogP contribution < -0.4 is 10.6 Å². The lowest BCUT2D eigenvalue weighted by Gasteiger charge is -2.31. The molecule has 3 aromatic rings. The molecule has 5 N–H and O–H groups in total. The van der Waals surface area contributed by atoms with Gasteiger partial charge in [0.25, 0.3) is 0 Å². The maximum absolute atomic E-state index is 11.1. The Hall–Kier alpha value is -2.04. The molecule has 0 aliphatic heterocycles. The molecule has 3 unspecified atom stereocenters. The summed E-state index contributed by atoms with van der Waals surface area (Å²) in [4.78, 5) is 13.5. The number of hydrogen-bond acceptors (Lipinski definition) is 9. The Morgan fingerprint density at radius 3 is 2.70 bits per heavy atom. The number of aromatic nitrogens is 3. The van der Waals surface area contributed by atoms with Crippen molar-refractivity contribution >= 4 is 44.9 Å². The van der Waals surface area contributed by atoms with Crippen LogP contribution in [0.3, 0.4) is 0 Å². The van der Waals surface area contributed by atoms with Gasteiger partial charge in [0.15, 0.2) is 5.72 Å². The predicted octanol–water partition coefficient (Wildman–Crippen LogP) is 3.09. The molecular formula is C20H24ClN5O3S. The predicted molar refractivity (Wildman–Crippen MR) is 119 cm³/mol. The summed E-state index contributed by atoms with van der Waals surface area (Å²) in [6.45, 7) is 3.69. The molecule has 2 heterocycles. The van der Waals surface area contributed by atoms with Crippen molar-refractivity contribution in [3.8, 4) is 10.6 Å². The lowest BCUT2D eigenvalue weighted by Crippen LogP contribution is -2.48. The van der Waals surface area contributed by atoms with Gasteiger partial charge in [-0.2, -0.15) is 4.98 Å². The van der Waals surface area contributed by atoms with E-state index in [0.29, 0.717) is 22.9 Å². The molecular weight excluding hydrogens is 426 g/mol. The number of fused-ring (bicyclic) bond motifs is 1. The molecule has 30 heavy (non-hydrogen) atoms. The first-order valence-corrected chi connectivity index (χ1v) is 11.0. The van der Waals surface area contributed by atoms with Gasteiger partial charge >= 0.3 is 0 Å². The average molecular weight is 450 g/mol. The first kappa shape index (κ1) is 21.2. The second-order valence-corrected chi connectivity index (χ2v) is 9.21. The summed E-state index contributed by atoms with van der Waals surface area (Å²) in [5.74, 6) is 0.161. The van der Waals surface area contributed by atoms with Gasteiger partial charge in [0.1, 0.15) is 22.1 Å². The summed E-state index contributed by atoms with van der Waals surface area (Å²) in [5, 5.41) is 38.0. The summed E-state index contributed by atoms with van der Waals surface area (Å²) in [5.41, 5.74) is -0.366. The summed E-state index contributed by atoms with van der Waals surface area (Å²) in [6.07, 6.45) is -0.415. The SMILES string of the molecule is CC(C)Nc1nc(Cl)c(-c2nc3ccccc3s2)c(NC2(O)CCC(CO)C2O)n1. The Bertz CT molecular complexity index is 1030. The van der Waals surface area contributed by atoms with E-state index in [9.17, 15) is 15.3 Å². The second kappa shape index (κ2) is 8.24. The quantitative estimate of drug-likeness (QED) is 0.287. The van der Waals surface area contributed by atoms with Gasteiger partial charge in [0.2, 0.25) is 5.95 Å². The number of nitrogens with one attached hydrogen (secondary N) is 2. The smallest absolute Gasteiger partial charge is 0.226 e. The van der Waals surface area contributed by atoms with E-state index in [0.717, 1.165) is 10.2 Å². The van der Waals surface area contributed by atoms with E-state index in [2.05, 4.69) is 25.6 Å². The van der Waals surface area contributed by atoms with Crippen LogP contribution in [0.25, 0.3) is 20.8 Å². The maximum Gasteiger partial charge on any atom is 0.226 e. The monoisotopic (exact) mass is 449 g/mol. The standard InChI is InChI=1S/C20H24ClN5O3S/c1-10(2)22-19-24-16(21)14(18-23-12-5-3-4-6-13(12)30-18)17(25-19)26-20(29)8-7-11(9-27)15(20)28/h3-6,10-11,15,27-29H,7-9H2,1-2H3,(H2,22,24,25,26). The van der Waals surface area contributed by atoms with Gasteiger partial charge in [-0.25, -0.2) is 9.97 Å². The number of thiazole rings is 1. The molecule has 0 radical (unpaired) electrons. The zero-order valence-corrected chi connectivity index (χ0v) is 18.2. The molecule has 160 valence electrons. The Balaban J connectivity index is 1.81. The number of anilines is 2. The fraction of sp³-hybridized carbons (Fsp3) is 0.450. The zero-order valence-electron chi connectivity index (χ0n) is 16.6. The molecule has 0 amide bonds. The van der Waals surface area contributed by atoms with Crippen molar-refractivity contribution in [2.24, 2.45) is 5.92 Å². The van der Waals surface area contributed by atoms with E-state index in [4.69, 9.17) is 11.6 Å². The number of aliphatic hydroxyl groups is 3. The number of para-hydroxylation sites is 1. The Kier molecular flexibility index (Phi) is 5.82. The first-order valence-electron chi connectivity index (χ1n) is 9.80. The fourth-order valence-electron chi connectivity index (χ4n) is 3.65. The van der Waals surface area contributed by atoms with Gasteiger partial charge in [-0.05, 0) is 38.8 Å². The Morgan fingerprint density at radius 2 is 2.03 bits per heavy atom. The Morgan fingerprint density at radius 1 is 1.27 bits per heavy atom. The Labute approximate surface area is 183 Å². The van der Waals surface area contributed by atoms with E-state index in [1.54, 1.807) is 0 Å². The van der Waals surface area contributed by atoms with E-state index in [1.165, 1.54) is 11.3 Å². The van der Waals surface area contributed by atoms with Crippen molar-refractivity contribution in [2.45, 2.75) is 44.6 Å². The lowest BCUT2D eigenvalue weighted by atomic mass is 10.0. The van der Waals surface area contributed by atoms with Crippen LogP contribution in [0.1, 0.15) is 26.7 Å². The summed E-state index contributed by atoms with van der Waals surface area (Å²) < 4.78 is 0.985. The number of aliphatic hydroxyl groups excluding tert-OH is 2. The number of nitrogens with zero attached hydrogens (tertiary/aromatic N) is 3. The molecule has 3 atom stereocenters. The third-order valence-electron chi connectivity index (χ3n) is 5.19. The van der Waals surface area contributed by atoms with Crippen molar-refractivity contribution in [2.75, 3.05) is 17.2 Å². The molecule has 4 rings (SSSR count). The molecule has 0 saturated heterocycles. The molecule has 1 aliphatic carbocycles. The summed E-state index contributed by atoms with van der Waals surface area (Å²) in [7, 11) is 0. The number of hydrogen-bond donors (Lipinski definition) is 5. The van der Waals surface area contributed by atoms with Crippen molar-refractivity contribution in [1.82, 2.24) is 15.0 Å². The van der Waals surface area contributed by atoms with Crippen LogP contribution in [-0.4, -0.2) is 54.7 Å². The van der Waals surface area contributed by atoms with Crippen LogP contribution in [-0.2, 0) is 0 Å². The minimum Gasteiger partial charge on any atom is -0.396 e. The van der Waals surface area contributed by atoms with E-state index < -0.39 is 17.7 Å². The lowest BCUT2D eigenvalue weighted by molar-refractivity contribution is -0.0545. The number of halogens is 1. The largest absolute Gasteiger partial charge is 0.396 e. The highest BCUT2D eigenvalue weighted by Crippen LogP contribution is 2.42. The van der Waals surface area contributed by atoms with Crippen LogP contribution in [0, 0.1) is 5.92 Å². The molecule has 2 aromatic heterocycles. The van der Waals surface area contributed by atoms with Crippen LogP contribution in [0.5, 0.6) is 0 Å². The summed E-state index contributed by atoms with van der Waals surface area (Å²) >= 11 is 8.00. The highest BCUT2D eigenvalue weighted by atomic mass is 35.5. The minimum atomic E-state index is -1.65. The van der Waals surface area contributed by atoms with Crippen molar-refractivity contribution in [1.29, 1.82) is 0 Å². The van der Waals surface area contributed by atoms with Gasteiger partial charge in [-0.1, -0.05) is 23.7 Å². The molecule has 1 saturated carbocycles. The molecule has 1 aliphatic rings. The van der Waals surface area contributed by atoms with Gasteiger partial charge in [0.05, 0.1) is 15.8 Å². The van der Waals surface area contributed by atoms with E-state index >= 15 is 0 Å². The first-order chi connectivity index (χ1) is 14.3. The van der Waals surface area contributed by atoms with Crippen molar-refractivity contribution < 1.29 is 15.3 Å². The molecule has 10 heteroatoms. The molecule has 0 bridgehead atoms. The van der Waals surface area contributed by atoms with Crippen LogP contribution in [0.4, 0.5) is 11.8 Å². The molecule has 1 fully saturated rings. The highest BCUT2D eigenvalue weighted by Gasteiger charge is 2.47. The summed E-state index contributed by atoms with van der Waals surface area (Å²) in [6, 6.07) is 7.79. The van der Waals surface area contributed by atoms with Gasteiger partial charge in [-0.15, -0.1) is 11.3 Å². The van der Waals surface area contributed by atoms with Gasteiger partial charge in [0, 0.05) is 18.6 Å². The third-order valence-corrected chi connectivity index (χ3v) is 6.52. The highest BCUT2D eigenvalue weighted by molar-refractivity contribution is 7.21. The third kappa shape index (κ3) is 3.95. The topological polar surface area (TPSA) is 123 Å². The number of rotatable bonds is 6. The molecule has 8 nitrogen and oxygen atoms in total. The van der Waals surface area contributed by atoms with Crippen LogP contribution in [0.2, 0.25) is 5.15 Å². The molecule has 0 spiro atoms. The molecule has 1 aromatic carbocycles. The van der Waals surface area contributed by atoms with Crippen molar-refractivity contribution in [3.05, 3.63) is 29.4 Å². The minimum absolute atomic E-state index is 0.0705. The van der Waals surface area contributed by atoms with E-state index in [-0.39, 0.29) is 30.0 Å². The maximum atomic E-state index is 11.1. The second-order valence-electron chi connectivity index (χ2n) is 7.82.